The highest BCUT2D eigenvalue weighted by atomic mass is 16.5. The summed E-state index contributed by atoms with van der Waals surface area (Å²) in [5.74, 6) is -0.722. The highest BCUT2D eigenvalue weighted by Crippen LogP contribution is 2.19. The molecule has 2 amide bonds. The van der Waals surface area contributed by atoms with E-state index in [2.05, 4.69) is 5.32 Å². The number of rotatable bonds is 9. The number of carbonyl (C=O) groups is 3. The lowest BCUT2D eigenvalue weighted by atomic mass is 9.95. The van der Waals surface area contributed by atoms with Crippen LogP contribution in [0.15, 0.2) is 30.3 Å². The zero-order valence-corrected chi connectivity index (χ0v) is 15.7. The summed E-state index contributed by atoms with van der Waals surface area (Å²) in [6.07, 6.45) is 2.50. The molecule has 0 radical (unpaired) electrons. The predicted molar refractivity (Wildman–Crippen MR) is 100 cm³/mol. The Morgan fingerprint density at radius 1 is 1.22 bits per heavy atom. The van der Waals surface area contributed by atoms with Gasteiger partial charge in [0.15, 0.2) is 0 Å². The van der Waals surface area contributed by atoms with Crippen LogP contribution in [0.5, 0.6) is 5.75 Å². The minimum atomic E-state index is -1.00. The molecule has 1 aromatic carbocycles. The Kier molecular flexibility index (Phi) is 8.10. The van der Waals surface area contributed by atoms with E-state index in [0.717, 1.165) is 5.75 Å². The van der Waals surface area contributed by atoms with Gasteiger partial charge < -0.3 is 20.1 Å². The summed E-state index contributed by atoms with van der Waals surface area (Å²) in [6.45, 7) is 3.22. The molecule has 1 saturated heterocycles. The van der Waals surface area contributed by atoms with Gasteiger partial charge in [0.25, 0.3) is 0 Å². The van der Waals surface area contributed by atoms with Crippen molar-refractivity contribution in [1.82, 2.24) is 10.2 Å². The van der Waals surface area contributed by atoms with E-state index in [-0.39, 0.29) is 17.7 Å². The molecule has 1 aliphatic rings. The number of nitrogens with one attached hydrogen (secondary N) is 1. The Morgan fingerprint density at radius 2 is 1.89 bits per heavy atom. The molecule has 2 N–H and O–H groups in total. The van der Waals surface area contributed by atoms with E-state index in [1.54, 1.807) is 4.90 Å². The molecule has 1 aromatic rings. The largest absolute Gasteiger partial charge is 0.493 e. The van der Waals surface area contributed by atoms with Gasteiger partial charge in [0, 0.05) is 19.0 Å². The van der Waals surface area contributed by atoms with Gasteiger partial charge in [0.05, 0.1) is 13.0 Å². The molecule has 1 atom stereocenters. The number of nitrogens with zero attached hydrogens (tertiary/aromatic N) is 1. The van der Waals surface area contributed by atoms with Crippen molar-refractivity contribution >= 4 is 17.8 Å². The molecule has 0 saturated carbocycles. The fourth-order valence-electron chi connectivity index (χ4n) is 3.16. The molecule has 7 heteroatoms. The monoisotopic (exact) mass is 376 g/mol. The van der Waals surface area contributed by atoms with Crippen LogP contribution in [0.2, 0.25) is 0 Å². The third kappa shape index (κ3) is 6.58. The van der Waals surface area contributed by atoms with Gasteiger partial charge in [0.2, 0.25) is 11.8 Å². The smallest absolute Gasteiger partial charge is 0.326 e. The van der Waals surface area contributed by atoms with E-state index in [1.807, 2.05) is 37.3 Å². The van der Waals surface area contributed by atoms with Gasteiger partial charge in [0.1, 0.15) is 11.8 Å². The summed E-state index contributed by atoms with van der Waals surface area (Å²) in [6, 6.07) is 8.51. The van der Waals surface area contributed by atoms with E-state index in [0.29, 0.717) is 51.8 Å². The quantitative estimate of drug-likeness (QED) is 0.688. The van der Waals surface area contributed by atoms with Gasteiger partial charge in [-0.05, 0) is 31.4 Å². The molecule has 27 heavy (non-hydrogen) atoms. The summed E-state index contributed by atoms with van der Waals surface area (Å²) in [4.78, 5) is 37.5. The molecule has 7 nitrogen and oxygen atoms in total. The van der Waals surface area contributed by atoms with E-state index in [9.17, 15) is 14.4 Å². The van der Waals surface area contributed by atoms with Gasteiger partial charge in [-0.2, -0.15) is 0 Å². The van der Waals surface area contributed by atoms with Crippen molar-refractivity contribution in [3.63, 3.8) is 0 Å². The van der Waals surface area contributed by atoms with Crippen LogP contribution in [-0.4, -0.2) is 53.5 Å². The van der Waals surface area contributed by atoms with Crippen LogP contribution >= 0.6 is 0 Å². The van der Waals surface area contributed by atoms with Crippen LogP contribution in [0.3, 0.4) is 0 Å². The number of carbonyl (C=O) groups excluding carboxylic acids is 2. The molecule has 1 fully saturated rings. The predicted octanol–water partition coefficient (Wildman–Crippen LogP) is 2.06. The molecule has 0 aromatic heterocycles. The van der Waals surface area contributed by atoms with Gasteiger partial charge in [-0.1, -0.05) is 31.5 Å². The Morgan fingerprint density at radius 3 is 2.48 bits per heavy atom. The third-order valence-corrected chi connectivity index (χ3v) is 4.74. The van der Waals surface area contributed by atoms with E-state index < -0.39 is 12.0 Å². The highest BCUT2D eigenvalue weighted by molar-refractivity contribution is 5.85. The molecule has 2 rings (SSSR count). The molecule has 0 spiro atoms. The molecule has 0 aliphatic carbocycles. The van der Waals surface area contributed by atoms with Crippen molar-refractivity contribution in [3.05, 3.63) is 30.3 Å². The van der Waals surface area contributed by atoms with E-state index in [1.165, 1.54) is 0 Å². The van der Waals surface area contributed by atoms with Gasteiger partial charge in [-0.3, -0.25) is 9.59 Å². The number of likely N-dealkylation sites (tertiary alicyclic amines) is 1. The highest BCUT2D eigenvalue weighted by Gasteiger charge is 2.29. The van der Waals surface area contributed by atoms with Gasteiger partial charge >= 0.3 is 5.97 Å². The average Bonchev–Trinajstić information content (AvgIpc) is 2.68. The number of amides is 2. The van der Waals surface area contributed by atoms with Crippen molar-refractivity contribution in [1.29, 1.82) is 0 Å². The number of carboxylic acid groups (broad SMARTS) is 1. The summed E-state index contributed by atoms with van der Waals surface area (Å²) < 4.78 is 5.55. The summed E-state index contributed by atoms with van der Waals surface area (Å²) in [5.41, 5.74) is 0. The summed E-state index contributed by atoms with van der Waals surface area (Å²) >= 11 is 0. The van der Waals surface area contributed by atoms with Crippen LogP contribution in [0.25, 0.3) is 0 Å². The van der Waals surface area contributed by atoms with Crippen LogP contribution in [0.4, 0.5) is 0 Å². The summed E-state index contributed by atoms with van der Waals surface area (Å²) in [5, 5.41) is 11.8. The number of hydrogen-bond donors (Lipinski definition) is 2. The molecule has 1 heterocycles. The third-order valence-electron chi connectivity index (χ3n) is 4.74. The van der Waals surface area contributed by atoms with Crippen LogP contribution in [0.1, 0.15) is 39.0 Å². The first kappa shape index (κ1) is 20.7. The zero-order valence-electron chi connectivity index (χ0n) is 15.7. The SMILES string of the molecule is CCCC(NC(=O)C1CCN(C(=O)CCOc2ccccc2)CC1)C(=O)O. The van der Waals surface area contributed by atoms with Crippen molar-refractivity contribution in [2.75, 3.05) is 19.7 Å². The Hall–Kier alpha value is -2.57. The Labute approximate surface area is 159 Å². The van der Waals surface area contributed by atoms with Crippen molar-refractivity contribution < 1.29 is 24.2 Å². The molecule has 1 aliphatic heterocycles. The summed E-state index contributed by atoms with van der Waals surface area (Å²) in [7, 11) is 0. The van der Waals surface area contributed by atoms with Crippen molar-refractivity contribution in [2.24, 2.45) is 5.92 Å². The number of aliphatic carboxylic acids is 1. The topological polar surface area (TPSA) is 95.9 Å². The van der Waals surface area contributed by atoms with Crippen LogP contribution in [0, 0.1) is 5.92 Å². The Balaban J connectivity index is 1.71. The minimum Gasteiger partial charge on any atom is -0.493 e. The van der Waals surface area contributed by atoms with Gasteiger partial charge in [-0.25, -0.2) is 4.79 Å². The number of carboxylic acids is 1. The maximum absolute atomic E-state index is 12.3. The number of piperidine rings is 1. The van der Waals surface area contributed by atoms with E-state index >= 15 is 0 Å². The number of para-hydroxylation sites is 1. The van der Waals surface area contributed by atoms with Crippen LogP contribution in [-0.2, 0) is 14.4 Å². The molecule has 1 unspecified atom stereocenters. The molecule has 148 valence electrons. The first-order chi connectivity index (χ1) is 13.0. The number of benzene rings is 1. The first-order valence-electron chi connectivity index (χ1n) is 9.50. The Bertz CT molecular complexity index is 627. The second kappa shape index (κ2) is 10.5. The number of hydrogen-bond acceptors (Lipinski definition) is 4. The first-order valence-corrected chi connectivity index (χ1v) is 9.50. The molecule has 0 bridgehead atoms. The van der Waals surface area contributed by atoms with E-state index in [4.69, 9.17) is 9.84 Å². The van der Waals surface area contributed by atoms with Crippen LogP contribution < -0.4 is 10.1 Å². The average molecular weight is 376 g/mol. The minimum absolute atomic E-state index is 0.0131. The lowest BCUT2D eigenvalue weighted by molar-refractivity contribution is -0.143. The lowest BCUT2D eigenvalue weighted by Gasteiger charge is -2.32. The maximum Gasteiger partial charge on any atom is 0.326 e. The van der Waals surface area contributed by atoms with Crippen molar-refractivity contribution in [3.8, 4) is 5.75 Å². The second-order valence-corrected chi connectivity index (χ2v) is 6.75. The second-order valence-electron chi connectivity index (χ2n) is 6.75. The molecular weight excluding hydrogens is 348 g/mol. The lowest BCUT2D eigenvalue weighted by Crippen LogP contribution is -2.47. The zero-order chi connectivity index (χ0) is 19.6. The van der Waals surface area contributed by atoms with Gasteiger partial charge in [-0.15, -0.1) is 0 Å². The fraction of sp³-hybridized carbons (Fsp3) is 0.550. The fourth-order valence-corrected chi connectivity index (χ4v) is 3.16. The number of ether oxygens (including phenoxy) is 1. The maximum atomic E-state index is 12.3. The van der Waals surface area contributed by atoms with Crippen molar-refractivity contribution in [2.45, 2.75) is 45.1 Å². The molecular formula is C20H28N2O5. The standard InChI is InChI=1S/C20H28N2O5/c1-2-6-17(20(25)26)21-19(24)15-9-12-22(13-10-15)18(23)11-14-27-16-7-4-3-5-8-16/h3-5,7-8,15,17H,2,6,9-14H2,1H3,(H,21,24)(H,25,26). The normalized spacial score (nSPS) is 15.8.